The standard InChI is InChI=1S/C9H15N/c1-5-7-10-9(6-2)8(3)4/h5-8H,1H2,2-4H3/b9-6-,10-7?. The number of aliphatic imine (C=N–C) groups is 1. The van der Waals surface area contributed by atoms with Crippen LogP contribution in [0.3, 0.4) is 0 Å². The molecular weight excluding hydrogens is 122 g/mol. The van der Waals surface area contributed by atoms with Gasteiger partial charge in [-0.1, -0.05) is 32.6 Å². The van der Waals surface area contributed by atoms with Crippen LogP contribution in [0.25, 0.3) is 0 Å². The molecule has 0 heterocycles. The molecule has 0 bridgehead atoms. The van der Waals surface area contributed by atoms with Crippen molar-refractivity contribution in [3.63, 3.8) is 0 Å². The summed E-state index contributed by atoms with van der Waals surface area (Å²) in [6.07, 6.45) is 5.42. The van der Waals surface area contributed by atoms with Crippen LogP contribution < -0.4 is 0 Å². The number of hydrogen-bond donors (Lipinski definition) is 0. The highest BCUT2D eigenvalue weighted by Gasteiger charge is 1.96. The van der Waals surface area contributed by atoms with E-state index in [9.17, 15) is 0 Å². The maximum Gasteiger partial charge on any atom is 0.0386 e. The van der Waals surface area contributed by atoms with Gasteiger partial charge in [0, 0.05) is 11.9 Å². The fourth-order valence-electron chi connectivity index (χ4n) is 0.696. The molecule has 1 nitrogen and oxygen atoms in total. The highest BCUT2D eigenvalue weighted by molar-refractivity contribution is 5.71. The first-order valence-corrected chi connectivity index (χ1v) is 3.53. The lowest BCUT2D eigenvalue weighted by molar-refractivity contribution is 0.757. The van der Waals surface area contributed by atoms with Gasteiger partial charge >= 0.3 is 0 Å². The highest BCUT2D eigenvalue weighted by atomic mass is 14.7. The van der Waals surface area contributed by atoms with E-state index in [1.165, 1.54) is 0 Å². The lowest BCUT2D eigenvalue weighted by Gasteiger charge is -2.02. The summed E-state index contributed by atoms with van der Waals surface area (Å²) >= 11 is 0. The second-order valence-electron chi connectivity index (χ2n) is 2.38. The van der Waals surface area contributed by atoms with Crippen LogP contribution in [0, 0.1) is 5.92 Å². The third-order valence-corrected chi connectivity index (χ3v) is 1.22. The molecule has 56 valence electrons. The van der Waals surface area contributed by atoms with Gasteiger partial charge in [-0.05, 0) is 12.8 Å². The van der Waals surface area contributed by atoms with Crippen LogP contribution in [-0.2, 0) is 0 Å². The van der Waals surface area contributed by atoms with Gasteiger partial charge in [-0.2, -0.15) is 0 Å². The van der Waals surface area contributed by atoms with E-state index in [1.807, 2.05) is 13.0 Å². The Morgan fingerprint density at radius 1 is 1.50 bits per heavy atom. The molecule has 10 heavy (non-hydrogen) atoms. The van der Waals surface area contributed by atoms with Crippen LogP contribution in [0.15, 0.2) is 29.4 Å². The van der Waals surface area contributed by atoms with Crippen LogP contribution in [0.4, 0.5) is 0 Å². The van der Waals surface area contributed by atoms with Crippen molar-refractivity contribution in [2.24, 2.45) is 10.9 Å². The molecule has 0 atom stereocenters. The molecule has 0 fully saturated rings. The number of rotatable bonds is 3. The first kappa shape index (κ1) is 9.15. The molecule has 0 aromatic heterocycles. The van der Waals surface area contributed by atoms with E-state index in [0.29, 0.717) is 5.92 Å². The zero-order chi connectivity index (χ0) is 7.98. The zero-order valence-electron chi connectivity index (χ0n) is 6.96. The Balaban J connectivity index is 4.10. The number of nitrogens with zero attached hydrogens (tertiary/aromatic N) is 1. The fourth-order valence-corrected chi connectivity index (χ4v) is 0.696. The monoisotopic (exact) mass is 137 g/mol. The third kappa shape index (κ3) is 3.23. The van der Waals surface area contributed by atoms with Crippen LogP contribution in [0.1, 0.15) is 20.8 Å². The van der Waals surface area contributed by atoms with Gasteiger partial charge in [0.25, 0.3) is 0 Å². The van der Waals surface area contributed by atoms with Crippen molar-refractivity contribution in [2.45, 2.75) is 20.8 Å². The summed E-state index contributed by atoms with van der Waals surface area (Å²) in [5.41, 5.74) is 1.11. The quantitative estimate of drug-likeness (QED) is 0.530. The highest BCUT2D eigenvalue weighted by Crippen LogP contribution is 2.09. The van der Waals surface area contributed by atoms with Gasteiger partial charge < -0.3 is 0 Å². The summed E-state index contributed by atoms with van der Waals surface area (Å²) in [6.45, 7) is 9.79. The molecule has 0 rings (SSSR count). The summed E-state index contributed by atoms with van der Waals surface area (Å²) in [6, 6.07) is 0. The zero-order valence-corrected chi connectivity index (χ0v) is 6.96. The molecule has 0 saturated carbocycles. The first-order chi connectivity index (χ1) is 4.72. The van der Waals surface area contributed by atoms with Crippen molar-refractivity contribution in [1.82, 2.24) is 0 Å². The van der Waals surface area contributed by atoms with Crippen molar-refractivity contribution < 1.29 is 0 Å². The molecule has 0 aromatic rings. The van der Waals surface area contributed by atoms with E-state index in [2.05, 4.69) is 25.4 Å². The Hall–Kier alpha value is -0.850. The third-order valence-electron chi connectivity index (χ3n) is 1.22. The minimum absolute atomic E-state index is 0.501. The normalized spacial score (nSPS) is 13.0. The molecular formula is C9H15N. The Morgan fingerprint density at radius 2 is 2.10 bits per heavy atom. The largest absolute Gasteiger partial charge is 0.261 e. The molecule has 0 aliphatic rings. The molecule has 0 amide bonds. The molecule has 0 aromatic carbocycles. The molecule has 0 aliphatic carbocycles. The van der Waals surface area contributed by atoms with Gasteiger partial charge in [-0.15, -0.1) is 0 Å². The predicted molar refractivity (Wildman–Crippen MR) is 47.3 cm³/mol. The molecule has 0 saturated heterocycles. The van der Waals surface area contributed by atoms with E-state index in [4.69, 9.17) is 0 Å². The summed E-state index contributed by atoms with van der Waals surface area (Å²) < 4.78 is 0. The van der Waals surface area contributed by atoms with Crippen molar-refractivity contribution >= 4 is 6.21 Å². The van der Waals surface area contributed by atoms with Gasteiger partial charge in [0.05, 0.1) is 0 Å². The topological polar surface area (TPSA) is 12.4 Å². The molecule has 0 unspecified atom stereocenters. The number of allylic oxidation sites excluding steroid dienone is 3. The molecule has 0 radical (unpaired) electrons. The van der Waals surface area contributed by atoms with Crippen molar-refractivity contribution in [3.05, 3.63) is 24.4 Å². The van der Waals surface area contributed by atoms with Crippen molar-refractivity contribution in [2.75, 3.05) is 0 Å². The Kier molecular flexibility index (Phi) is 4.55. The minimum atomic E-state index is 0.501. The van der Waals surface area contributed by atoms with Crippen molar-refractivity contribution in [3.8, 4) is 0 Å². The van der Waals surface area contributed by atoms with E-state index < -0.39 is 0 Å². The predicted octanol–water partition coefficient (Wildman–Crippen LogP) is 2.80. The molecule has 0 aliphatic heterocycles. The average Bonchev–Trinajstić information content (AvgIpc) is 1.89. The SMILES string of the molecule is C=CC=N/C(=C\C)C(C)C. The van der Waals surface area contributed by atoms with E-state index >= 15 is 0 Å². The van der Waals surface area contributed by atoms with E-state index in [1.54, 1.807) is 12.3 Å². The lowest BCUT2D eigenvalue weighted by atomic mass is 10.1. The Morgan fingerprint density at radius 3 is 2.40 bits per heavy atom. The van der Waals surface area contributed by atoms with E-state index in [-0.39, 0.29) is 0 Å². The summed E-state index contributed by atoms with van der Waals surface area (Å²) in [7, 11) is 0. The summed E-state index contributed by atoms with van der Waals surface area (Å²) in [4.78, 5) is 4.18. The molecule has 0 spiro atoms. The second-order valence-corrected chi connectivity index (χ2v) is 2.38. The van der Waals surface area contributed by atoms with Crippen molar-refractivity contribution in [1.29, 1.82) is 0 Å². The lowest BCUT2D eigenvalue weighted by Crippen LogP contribution is -1.89. The van der Waals surface area contributed by atoms with Gasteiger partial charge in [0.2, 0.25) is 0 Å². The maximum atomic E-state index is 4.18. The Labute approximate surface area is 63.2 Å². The van der Waals surface area contributed by atoms with Crippen LogP contribution in [0.2, 0.25) is 0 Å². The fraction of sp³-hybridized carbons (Fsp3) is 0.444. The molecule has 1 heteroatoms. The summed E-state index contributed by atoms with van der Waals surface area (Å²) in [5.74, 6) is 0.501. The van der Waals surface area contributed by atoms with Gasteiger partial charge in [-0.3, -0.25) is 4.99 Å². The molecule has 0 N–H and O–H groups in total. The van der Waals surface area contributed by atoms with Gasteiger partial charge in [0.1, 0.15) is 0 Å². The average molecular weight is 137 g/mol. The first-order valence-electron chi connectivity index (χ1n) is 3.53. The Bertz CT molecular complexity index is 152. The maximum absolute atomic E-state index is 4.18. The van der Waals surface area contributed by atoms with Gasteiger partial charge in [-0.25, -0.2) is 0 Å². The number of hydrogen-bond acceptors (Lipinski definition) is 1. The summed E-state index contributed by atoms with van der Waals surface area (Å²) in [5, 5.41) is 0. The van der Waals surface area contributed by atoms with Crippen LogP contribution in [0.5, 0.6) is 0 Å². The van der Waals surface area contributed by atoms with Crippen LogP contribution in [-0.4, -0.2) is 6.21 Å². The van der Waals surface area contributed by atoms with E-state index in [0.717, 1.165) is 5.70 Å². The minimum Gasteiger partial charge on any atom is -0.261 e. The smallest absolute Gasteiger partial charge is 0.0386 e. The van der Waals surface area contributed by atoms with Gasteiger partial charge in [0.15, 0.2) is 0 Å². The van der Waals surface area contributed by atoms with Crippen LogP contribution >= 0.6 is 0 Å². The second kappa shape index (κ2) is 4.98.